The zero-order chi connectivity index (χ0) is 26.1. The van der Waals surface area contributed by atoms with E-state index in [-0.39, 0.29) is 18.1 Å². The van der Waals surface area contributed by atoms with Crippen LogP contribution in [0.2, 0.25) is 0 Å². The van der Waals surface area contributed by atoms with Crippen LogP contribution in [0.4, 0.5) is 0 Å². The van der Waals surface area contributed by atoms with E-state index in [1.165, 1.54) is 33.3 Å². The van der Waals surface area contributed by atoms with Gasteiger partial charge in [0.05, 0.1) is 18.3 Å². The molecule has 1 saturated heterocycles. The summed E-state index contributed by atoms with van der Waals surface area (Å²) in [5.41, 5.74) is 8.49. The van der Waals surface area contributed by atoms with E-state index in [0.717, 1.165) is 63.0 Å². The molecule has 1 amide bonds. The van der Waals surface area contributed by atoms with Gasteiger partial charge in [-0.3, -0.25) is 14.7 Å². The molecule has 1 aliphatic heterocycles. The Morgan fingerprint density at radius 1 is 1.05 bits per heavy atom. The first-order valence-electron chi connectivity index (χ1n) is 14.1. The molecule has 37 heavy (non-hydrogen) atoms. The molecule has 0 radical (unpaired) electrons. The van der Waals surface area contributed by atoms with Crippen LogP contribution in [0.3, 0.4) is 0 Å². The lowest BCUT2D eigenvalue weighted by Gasteiger charge is -2.33. The normalized spacial score (nSPS) is 21.6. The fraction of sp³-hybridized carbons (Fsp3) is 0.548. The lowest BCUT2D eigenvalue weighted by Crippen LogP contribution is -2.45. The molecule has 6 heteroatoms. The van der Waals surface area contributed by atoms with Crippen LogP contribution in [0, 0.1) is 13.8 Å². The third-order valence-electron chi connectivity index (χ3n) is 8.30. The van der Waals surface area contributed by atoms with Crippen molar-refractivity contribution in [3.05, 3.63) is 52.8 Å². The summed E-state index contributed by atoms with van der Waals surface area (Å²) in [7, 11) is 0. The Labute approximate surface area is 220 Å². The van der Waals surface area contributed by atoms with Gasteiger partial charge in [-0.25, -0.2) is 0 Å². The van der Waals surface area contributed by atoms with Crippen molar-refractivity contribution in [2.45, 2.75) is 90.2 Å². The van der Waals surface area contributed by atoms with Gasteiger partial charge in [-0.1, -0.05) is 19.9 Å². The SMILES string of the molecule is Cc1cc(-c2[nH]c3ccc(C4CCN(CC(=O)NC5CCC(O)CC5)CC4)cc3c2C(C)C)cc(C)n1. The number of aryl methyl sites for hydroxylation is 2. The number of nitrogens with zero attached hydrogens (tertiary/aromatic N) is 2. The van der Waals surface area contributed by atoms with Gasteiger partial charge in [0.2, 0.25) is 5.91 Å². The van der Waals surface area contributed by atoms with Crippen molar-refractivity contribution in [2.24, 2.45) is 0 Å². The molecule has 3 heterocycles. The molecule has 2 aromatic heterocycles. The van der Waals surface area contributed by atoms with E-state index < -0.39 is 0 Å². The van der Waals surface area contributed by atoms with Gasteiger partial charge < -0.3 is 15.4 Å². The number of hydrogen-bond donors (Lipinski definition) is 3. The van der Waals surface area contributed by atoms with E-state index in [9.17, 15) is 9.90 Å². The second kappa shape index (κ2) is 11.0. The summed E-state index contributed by atoms with van der Waals surface area (Å²) in [4.78, 5) is 23.2. The maximum atomic E-state index is 12.6. The molecule has 0 spiro atoms. The molecular weight excluding hydrogens is 460 g/mol. The Hall–Kier alpha value is -2.70. The number of piperidine rings is 1. The highest BCUT2D eigenvalue weighted by Gasteiger charge is 2.25. The summed E-state index contributed by atoms with van der Waals surface area (Å²) in [6, 6.07) is 11.5. The van der Waals surface area contributed by atoms with E-state index in [2.05, 4.69) is 78.2 Å². The highest BCUT2D eigenvalue weighted by Crippen LogP contribution is 2.38. The smallest absolute Gasteiger partial charge is 0.234 e. The first-order chi connectivity index (χ1) is 17.8. The number of amides is 1. The van der Waals surface area contributed by atoms with Gasteiger partial charge >= 0.3 is 0 Å². The van der Waals surface area contributed by atoms with Crippen LogP contribution in [0.25, 0.3) is 22.2 Å². The maximum Gasteiger partial charge on any atom is 0.234 e. The molecule has 2 aliphatic rings. The Kier molecular flexibility index (Phi) is 7.68. The van der Waals surface area contributed by atoms with E-state index >= 15 is 0 Å². The van der Waals surface area contributed by atoms with Crippen LogP contribution in [-0.4, -0.2) is 57.7 Å². The lowest BCUT2D eigenvalue weighted by molar-refractivity contribution is -0.123. The number of aliphatic hydroxyl groups is 1. The Morgan fingerprint density at radius 2 is 1.73 bits per heavy atom. The number of nitrogens with one attached hydrogen (secondary N) is 2. The highest BCUT2D eigenvalue weighted by molar-refractivity contribution is 5.92. The Balaban J connectivity index is 1.26. The topological polar surface area (TPSA) is 81.2 Å². The lowest BCUT2D eigenvalue weighted by atomic mass is 9.87. The monoisotopic (exact) mass is 502 g/mol. The predicted molar refractivity (Wildman–Crippen MR) is 150 cm³/mol. The molecule has 1 aromatic carbocycles. The van der Waals surface area contributed by atoms with Crippen LogP contribution in [0.5, 0.6) is 0 Å². The van der Waals surface area contributed by atoms with Gasteiger partial charge in [0.1, 0.15) is 0 Å². The fourth-order valence-electron chi connectivity index (χ4n) is 6.41. The molecule has 198 valence electrons. The van der Waals surface area contributed by atoms with Crippen molar-refractivity contribution in [3.8, 4) is 11.3 Å². The number of fused-ring (bicyclic) bond motifs is 1. The molecule has 0 bridgehead atoms. The minimum atomic E-state index is -0.190. The quantitative estimate of drug-likeness (QED) is 0.412. The third-order valence-corrected chi connectivity index (χ3v) is 8.30. The second-order valence-corrected chi connectivity index (χ2v) is 11.6. The van der Waals surface area contributed by atoms with Crippen molar-refractivity contribution in [1.29, 1.82) is 0 Å². The van der Waals surface area contributed by atoms with E-state index in [4.69, 9.17) is 0 Å². The number of rotatable bonds is 6. The second-order valence-electron chi connectivity index (χ2n) is 11.6. The van der Waals surface area contributed by atoms with Crippen molar-refractivity contribution in [1.82, 2.24) is 20.2 Å². The van der Waals surface area contributed by atoms with Crippen LogP contribution in [-0.2, 0) is 4.79 Å². The number of aromatic amines is 1. The highest BCUT2D eigenvalue weighted by atomic mass is 16.3. The van der Waals surface area contributed by atoms with Gasteiger partial charge in [0.25, 0.3) is 0 Å². The number of carbonyl (C=O) groups excluding carboxylic acids is 1. The van der Waals surface area contributed by atoms with Crippen molar-refractivity contribution >= 4 is 16.8 Å². The maximum absolute atomic E-state index is 12.6. The summed E-state index contributed by atoms with van der Waals surface area (Å²) in [6.07, 6.45) is 5.32. The van der Waals surface area contributed by atoms with E-state index in [1.54, 1.807) is 0 Å². The molecule has 5 rings (SSSR count). The zero-order valence-electron chi connectivity index (χ0n) is 22.8. The van der Waals surface area contributed by atoms with Gasteiger partial charge in [0, 0.05) is 33.9 Å². The average Bonchev–Trinajstić information content (AvgIpc) is 3.25. The minimum absolute atomic E-state index is 0.129. The molecule has 6 nitrogen and oxygen atoms in total. The number of aromatic nitrogens is 2. The largest absolute Gasteiger partial charge is 0.393 e. The fourth-order valence-corrected chi connectivity index (χ4v) is 6.41. The summed E-state index contributed by atoms with van der Waals surface area (Å²) in [6.45, 7) is 11.0. The molecule has 1 aliphatic carbocycles. The minimum Gasteiger partial charge on any atom is -0.393 e. The first-order valence-corrected chi connectivity index (χ1v) is 14.1. The van der Waals surface area contributed by atoms with Gasteiger partial charge in [-0.05, 0) is 113 Å². The van der Waals surface area contributed by atoms with E-state index in [1.807, 2.05) is 0 Å². The summed E-state index contributed by atoms with van der Waals surface area (Å²) >= 11 is 0. The molecule has 0 atom stereocenters. The molecule has 3 N–H and O–H groups in total. The number of likely N-dealkylation sites (tertiary alicyclic amines) is 1. The van der Waals surface area contributed by atoms with Crippen molar-refractivity contribution < 1.29 is 9.90 Å². The van der Waals surface area contributed by atoms with Crippen molar-refractivity contribution in [3.63, 3.8) is 0 Å². The van der Waals surface area contributed by atoms with Crippen LogP contribution in [0.1, 0.15) is 86.7 Å². The first kappa shape index (κ1) is 25.9. The van der Waals surface area contributed by atoms with Gasteiger partial charge in [-0.2, -0.15) is 0 Å². The van der Waals surface area contributed by atoms with Crippen LogP contribution in [0.15, 0.2) is 30.3 Å². The van der Waals surface area contributed by atoms with Crippen LogP contribution < -0.4 is 5.32 Å². The molecule has 0 unspecified atom stereocenters. The van der Waals surface area contributed by atoms with Crippen LogP contribution >= 0.6 is 0 Å². The summed E-state index contributed by atoms with van der Waals surface area (Å²) in [5.74, 6) is 1.05. The van der Waals surface area contributed by atoms with Gasteiger partial charge in [-0.15, -0.1) is 0 Å². The van der Waals surface area contributed by atoms with Gasteiger partial charge in [0.15, 0.2) is 0 Å². The van der Waals surface area contributed by atoms with E-state index in [0.29, 0.717) is 18.4 Å². The Morgan fingerprint density at radius 3 is 2.38 bits per heavy atom. The Bertz CT molecular complexity index is 1230. The number of aliphatic hydroxyl groups excluding tert-OH is 1. The number of carbonyl (C=O) groups is 1. The number of H-pyrrole nitrogens is 1. The average molecular weight is 503 g/mol. The predicted octanol–water partition coefficient (Wildman–Crippen LogP) is 5.57. The molecular formula is C31H42N4O2. The number of hydrogen-bond acceptors (Lipinski definition) is 4. The zero-order valence-corrected chi connectivity index (χ0v) is 22.8. The summed E-state index contributed by atoms with van der Waals surface area (Å²) < 4.78 is 0. The third kappa shape index (κ3) is 5.91. The molecule has 2 fully saturated rings. The number of pyridine rings is 1. The molecule has 1 saturated carbocycles. The summed E-state index contributed by atoms with van der Waals surface area (Å²) in [5, 5.41) is 14.2. The molecule has 3 aromatic rings. The standard InChI is InChI=1S/C31H42N4O2/c1-19(2)30-27-17-23(5-10-28(27)34-31(30)24-15-20(3)32-21(4)16-24)22-11-13-35(14-12-22)18-29(37)33-25-6-8-26(36)9-7-25/h5,10,15-17,19,22,25-26,34,36H,6-9,11-14,18H2,1-4H3,(H,33,37). The van der Waals surface area contributed by atoms with Crippen molar-refractivity contribution in [2.75, 3.05) is 19.6 Å². The number of benzene rings is 1.